The van der Waals surface area contributed by atoms with Gasteiger partial charge in [0.1, 0.15) is 0 Å². The second-order valence-corrected chi connectivity index (χ2v) is 4.52. The first-order valence-electron chi connectivity index (χ1n) is 7.77. The van der Waals surface area contributed by atoms with Crippen LogP contribution in [0.4, 0.5) is 0 Å². The Morgan fingerprint density at radius 1 is 1.15 bits per heavy atom. The third-order valence-electron chi connectivity index (χ3n) is 2.88. The summed E-state index contributed by atoms with van der Waals surface area (Å²) in [6, 6.07) is 0.0207. The van der Waals surface area contributed by atoms with Gasteiger partial charge in [-0.2, -0.15) is 0 Å². The number of nitrogens with one attached hydrogen (secondary N) is 1. The summed E-state index contributed by atoms with van der Waals surface area (Å²) < 4.78 is 0. The average Bonchev–Trinajstić information content (AvgIpc) is 2.44. The second kappa shape index (κ2) is 21.8. The predicted molar refractivity (Wildman–Crippen MR) is 86.9 cm³/mol. The minimum Gasteiger partial charge on any atom is -0.600 e. The van der Waals surface area contributed by atoms with Crippen molar-refractivity contribution in [2.45, 2.75) is 71.8 Å². The Hall–Kier alpha value is 0.524. The van der Waals surface area contributed by atoms with Gasteiger partial charge in [0.25, 0.3) is 0 Å². The summed E-state index contributed by atoms with van der Waals surface area (Å²) in [4.78, 5) is 0. The first kappa shape index (κ1) is 25.5. The van der Waals surface area contributed by atoms with Crippen molar-refractivity contribution in [2.24, 2.45) is 11.6 Å². The number of hydrogen-bond donors (Lipinski definition) is 3. The molecule has 0 aliphatic carbocycles. The fraction of sp³-hybridized carbons (Fsp3) is 0.867. The standard InChI is InChI=1S/C13H29N4.C2H6.Y/c1-3-4-5-6-7-10-16-12(2)13(14)9-8-11-17-15;1-2;/h13,16H,2-11,14-15H2,1H3;1-2H3;/q-1;;. The Morgan fingerprint density at radius 2 is 1.75 bits per heavy atom. The Morgan fingerprint density at radius 3 is 2.30 bits per heavy atom. The second-order valence-electron chi connectivity index (χ2n) is 4.52. The molecule has 0 saturated carbocycles. The monoisotopic (exact) mass is 360 g/mol. The van der Waals surface area contributed by atoms with Crippen molar-refractivity contribution in [3.05, 3.63) is 17.7 Å². The fourth-order valence-electron chi connectivity index (χ4n) is 1.69. The summed E-state index contributed by atoms with van der Waals surface area (Å²) in [7, 11) is 0. The van der Waals surface area contributed by atoms with E-state index in [4.69, 9.17) is 11.6 Å². The van der Waals surface area contributed by atoms with Crippen molar-refractivity contribution in [1.29, 1.82) is 0 Å². The molecular formula is C15H35N4Y-. The molecule has 0 amide bonds. The van der Waals surface area contributed by atoms with E-state index in [1.807, 2.05) is 13.8 Å². The van der Waals surface area contributed by atoms with Crippen molar-refractivity contribution in [3.63, 3.8) is 0 Å². The van der Waals surface area contributed by atoms with E-state index in [9.17, 15) is 0 Å². The normalized spacial score (nSPS) is 10.8. The van der Waals surface area contributed by atoms with Crippen LogP contribution < -0.4 is 16.9 Å². The molecule has 0 rings (SSSR count). The molecule has 4 nitrogen and oxygen atoms in total. The molecule has 0 spiro atoms. The predicted octanol–water partition coefficient (Wildman–Crippen LogP) is 3.44. The topological polar surface area (TPSA) is 78.2 Å². The fourth-order valence-corrected chi connectivity index (χ4v) is 1.69. The van der Waals surface area contributed by atoms with Gasteiger partial charge in [-0.3, -0.25) is 0 Å². The number of nitrogens with zero attached hydrogens (tertiary/aromatic N) is 1. The Kier molecular flexibility index (Phi) is 27.8. The van der Waals surface area contributed by atoms with Gasteiger partial charge in [-0.05, 0) is 12.8 Å². The Bertz CT molecular complexity index is 189. The van der Waals surface area contributed by atoms with Gasteiger partial charge < -0.3 is 22.3 Å². The van der Waals surface area contributed by atoms with Gasteiger partial charge in [-0.25, -0.2) is 0 Å². The maximum Gasteiger partial charge on any atom is 0.0437 e. The van der Waals surface area contributed by atoms with E-state index >= 15 is 0 Å². The molecule has 0 bridgehead atoms. The van der Waals surface area contributed by atoms with Crippen LogP contribution >= 0.6 is 0 Å². The molecule has 0 aromatic heterocycles. The summed E-state index contributed by atoms with van der Waals surface area (Å²) in [5, 5.41) is 3.30. The summed E-state index contributed by atoms with van der Waals surface area (Å²) in [6.07, 6.45) is 8.26. The third kappa shape index (κ3) is 18.5. The maximum absolute atomic E-state index is 5.98. The van der Waals surface area contributed by atoms with Gasteiger partial charge in [0.05, 0.1) is 0 Å². The molecule has 5 N–H and O–H groups in total. The smallest absolute Gasteiger partial charge is 0.0437 e. The van der Waals surface area contributed by atoms with Crippen LogP contribution in [0.1, 0.15) is 65.7 Å². The zero-order valence-electron chi connectivity index (χ0n) is 13.8. The van der Waals surface area contributed by atoms with Crippen LogP contribution in [0.3, 0.4) is 0 Å². The SMILES string of the molecule is C=C(NCCCCCCC)C(N)CCC[N-]N.CC.[Y]. The van der Waals surface area contributed by atoms with E-state index in [1.165, 1.54) is 32.1 Å². The minimum atomic E-state index is 0. The van der Waals surface area contributed by atoms with Crippen LogP contribution in [-0.4, -0.2) is 19.1 Å². The van der Waals surface area contributed by atoms with E-state index in [0.29, 0.717) is 6.54 Å². The van der Waals surface area contributed by atoms with Crippen LogP contribution in [0.15, 0.2) is 12.3 Å². The zero-order chi connectivity index (χ0) is 14.9. The van der Waals surface area contributed by atoms with Crippen LogP contribution in [0.25, 0.3) is 5.43 Å². The zero-order valence-corrected chi connectivity index (χ0v) is 16.7. The molecule has 5 heteroatoms. The van der Waals surface area contributed by atoms with Gasteiger partial charge in [-0.1, -0.05) is 59.5 Å². The Balaban J connectivity index is -0.000000916. The molecule has 0 fully saturated rings. The van der Waals surface area contributed by atoms with Gasteiger partial charge >= 0.3 is 0 Å². The first-order chi connectivity index (χ1) is 9.22. The average molecular weight is 360 g/mol. The molecule has 20 heavy (non-hydrogen) atoms. The molecule has 119 valence electrons. The maximum atomic E-state index is 5.98. The van der Waals surface area contributed by atoms with Gasteiger partial charge in [0, 0.05) is 51.0 Å². The van der Waals surface area contributed by atoms with Crippen molar-refractivity contribution in [2.75, 3.05) is 13.1 Å². The number of unbranched alkanes of at least 4 members (excludes halogenated alkanes) is 4. The summed E-state index contributed by atoms with van der Waals surface area (Å²) in [6.45, 7) is 11.9. The molecule has 0 heterocycles. The summed E-state index contributed by atoms with van der Waals surface area (Å²) in [5.41, 5.74) is 10.5. The number of nitrogens with two attached hydrogens (primary N) is 2. The molecule has 0 aliphatic rings. The van der Waals surface area contributed by atoms with Crippen molar-refractivity contribution < 1.29 is 32.7 Å². The summed E-state index contributed by atoms with van der Waals surface area (Å²) in [5.74, 6) is 5.08. The van der Waals surface area contributed by atoms with Gasteiger partial charge in [-0.15, -0.1) is 6.54 Å². The van der Waals surface area contributed by atoms with Gasteiger partial charge in [0.15, 0.2) is 0 Å². The van der Waals surface area contributed by atoms with Crippen LogP contribution in [0, 0.1) is 0 Å². The van der Waals surface area contributed by atoms with E-state index in [1.54, 1.807) is 0 Å². The number of rotatable bonds is 12. The largest absolute Gasteiger partial charge is 0.600 e. The Labute approximate surface area is 151 Å². The first-order valence-corrected chi connectivity index (χ1v) is 7.77. The molecule has 1 atom stereocenters. The third-order valence-corrected chi connectivity index (χ3v) is 2.88. The molecule has 1 radical (unpaired) electrons. The minimum absolute atomic E-state index is 0. The van der Waals surface area contributed by atoms with E-state index in [-0.39, 0.29) is 38.8 Å². The van der Waals surface area contributed by atoms with Crippen LogP contribution in [0.5, 0.6) is 0 Å². The van der Waals surface area contributed by atoms with E-state index in [0.717, 1.165) is 25.1 Å². The molecule has 0 aliphatic heterocycles. The quantitative estimate of drug-likeness (QED) is 0.283. The number of hydrogen-bond acceptors (Lipinski definition) is 3. The summed E-state index contributed by atoms with van der Waals surface area (Å²) >= 11 is 0. The van der Waals surface area contributed by atoms with E-state index < -0.39 is 0 Å². The van der Waals surface area contributed by atoms with Crippen molar-refractivity contribution >= 4 is 0 Å². The van der Waals surface area contributed by atoms with Gasteiger partial charge in [0.2, 0.25) is 0 Å². The molecule has 0 saturated heterocycles. The van der Waals surface area contributed by atoms with Crippen molar-refractivity contribution in [1.82, 2.24) is 5.32 Å². The molecular weight excluding hydrogens is 325 g/mol. The molecule has 1 unspecified atom stereocenters. The van der Waals surface area contributed by atoms with Crippen LogP contribution in [-0.2, 0) is 32.7 Å². The molecule has 0 aromatic carbocycles. The molecule has 0 aromatic rings. The van der Waals surface area contributed by atoms with E-state index in [2.05, 4.69) is 24.2 Å². The van der Waals surface area contributed by atoms with Crippen LogP contribution in [0.2, 0.25) is 0 Å². The van der Waals surface area contributed by atoms with Crippen molar-refractivity contribution in [3.8, 4) is 0 Å².